The molecule has 3 aliphatic heterocycles. The molecule has 0 aromatic heterocycles. The Morgan fingerprint density at radius 3 is 2.62 bits per heavy atom. The molecule has 5 atom stereocenters. The van der Waals surface area contributed by atoms with Gasteiger partial charge in [0, 0.05) is 29.9 Å². The zero-order valence-electron chi connectivity index (χ0n) is 19.2. The van der Waals surface area contributed by atoms with Crippen molar-refractivity contribution in [3.63, 3.8) is 0 Å². The number of hydrogen-bond acceptors (Lipinski definition) is 5. The highest BCUT2D eigenvalue weighted by atomic mass is 79.9. The number of amides is 3. The minimum absolute atomic E-state index is 0.107. The van der Waals surface area contributed by atoms with E-state index in [0.717, 1.165) is 30.2 Å². The second-order valence-corrected chi connectivity index (χ2v) is 10.5. The van der Waals surface area contributed by atoms with Crippen LogP contribution in [-0.2, 0) is 23.9 Å². The summed E-state index contributed by atoms with van der Waals surface area (Å²) in [4.78, 5) is 42.2. The Hall–Kier alpha value is -2.23. The zero-order valence-corrected chi connectivity index (χ0v) is 20.8. The van der Waals surface area contributed by atoms with Crippen molar-refractivity contribution in [1.82, 2.24) is 10.2 Å². The summed E-state index contributed by atoms with van der Waals surface area (Å²) in [5.41, 5.74) is -0.502. The van der Waals surface area contributed by atoms with E-state index in [2.05, 4.69) is 26.6 Å². The van der Waals surface area contributed by atoms with Gasteiger partial charge in [0.25, 0.3) is 0 Å². The van der Waals surface area contributed by atoms with E-state index in [4.69, 9.17) is 9.47 Å². The number of nitrogens with zero attached hydrogens (tertiary/aromatic N) is 1. The number of methoxy groups -OCH3 is 1. The third-order valence-corrected chi connectivity index (χ3v) is 8.05. The molecular weight excluding hydrogens is 502 g/mol. The number of likely N-dealkylation sites (tertiary alicyclic amines) is 1. The molecular formula is C25H30BrN3O5. The Labute approximate surface area is 207 Å². The third kappa shape index (κ3) is 3.97. The number of hydrogen-bond donors (Lipinski definition) is 2. The van der Waals surface area contributed by atoms with Gasteiger partial charge < -0.3 is 25.0 Å². The molecule has 1 aromatic carbocycles. The Bertz CT molecular complexity index is 993. The van der Waals surface area contributed by atoms with Crippen LogP contribution in [0.4, 0.5) is 5.69 Å². The largest absolute Gasteiger partial charge is 0.383 e. The molecule has 1 saturated carbocycles. The molecule has 0 unspecified atom stereocenters. The van der Waals surface area contributed by atoms with Crippen LogP contribution in [0.5, 0.6) is 0 Å². The van der Waals surface area contributed by atoms with E-state index in [1.807, 2.05) is 24.3 Å². The lowest BCUT2D eigenvalue weighted by Gasteiger charge is -2.34. The van der Waals surface area contributed by atoms with Crippen LogP contribution in [0.25, 0.3) is 0 Å². The summed E-state index contributed by atoms with van der Waals surface area (Å²) < 4.78 is 12.5. The molecule has 1 spiro atoms. The quantitative estimate of drug-likeness (QED) is 0.527. The average Bonchev–Trinajstić information content (AvgIpc) is 3.47. The van der Waals surface area contributed by atoms with Gasteiger partial charge >= 0.3 is 0 Å². The van der Waals surface area contributed by atoms with E-state index in [1.54, 1.807) is 24.1 Å². The minimum atomic E-state index is -1.14. The lowest BCUT2D eigenvalue weighted by atomic mass is 9.74. The van der Waals surface area contributed by atoms with Crippen molar-refractivity contribution < 1.29 is 23.9 Å². The second-order valence-electron chi connectivity index (χ2n) is 9.57. The summed E-state index contributed by atoms with van der Waals surface area (Å²) in [6.07, 6.45) is 8.37. The van der Waals surface area contributed by atoms with Crippen LogP contribution in [0.15, 0.2) is 40.9 Å². The first kappa shape index (κ1) is 23.5. The van der Waals surface area contributed by atoms with Crippen molar-refractivity contribution >= 4 is 39.3 Å². The van der Waals surface area contributed by atoms with Gasteiger partial charge in [-0.2, -0.15) is 0 Å². The van der Waals surface area contributed by atoms with Gasteiger partial charge in [0.2, 0.25) is 17.7 Å². The van der Waals surface area contributed by atoms with Gasteiger partial charge in [0.15, 0.2) is 0 Å². The van der Waals surface area contributed by atoms with E-state index in [9.17, 15) is 14.4 Å². The van der Waals surface area contributed by atoms with E-state index in [-0.39, 0.29) is 30.3 Å². The van der Waals surface area contributed by atoms with Gasteiger partial charge in [-0.1, -0.05) is 47.3 Å². The van der Waals surface area contributed by atoms with Gasteiger partial charge in [0.05, 0.1) is 24.5 Å². The molecule has 182 valence electrons. The van der Waals surface area contributed by atoms with Gasteiger partial charge in [-0.3, -0.25) is 14.4 Å². The van der Waals surface area contributed by atoms with Crippen LogP contribution in [0.2, 0.25) is 0 Å². The lowest BCUT2D eigenvalue weighted by molar-refractivity contribution is -0.142. The van der Waals surface area contributed by atoms with Gasteiger partial charge in [0.1, 0.15) is 11.6 Å². The maximum absolute atomic E-state index is 13.7. The molecule has 8 nitrogen and oxygen atoms in total. The number of anilines is 1. The molecule has 9 heteroatoms. The topological polar surface area (TPSA) is 97.0 Å². The fourth-order valence-electron chi connectivity index (χ4n) is 5.98. The SMILES string of the molecule is COCCN1C(=O)[C@H]2[C@H](C(=O)Nc3ccc(Br)cc3)[C@H]3C=C[C@@]2(O3)[C@H]1C(=O)NC1CCCCC1. The molecule has 0 radical (unpaired) electrons. The molecule has 5 rings (SSSR count). The Morgan fingerprint density at radius 2 is 1.91 bits per heavy atom. The van der Waals surface area contributed by atoms with Crippen molar-refractivity contribution in [3.05, 3.63) is 40.9 Å². The number of nitrogens with one attached hydrogen (secondary N) is 2. The number of carbonyl (C=O) groups excluding carboxylic acids is 3. The van der Waals surface area contributed by atoms with Gasteiger partial charge in [-0.05, 0) is 37.1 Å². The predicted molar refractivity (Wildman–Crippen MR) is 129 cm³/mol. The first-order valence-electron chi connectivity index (χ1n) is 12.0. The Kier molecular flexibility index (Phi) is 6.52. The molecule has 3 heterocycles. The van der Waals surface area contributed by atoms with Crippen molar-refractivity contribution in [2.75, 3.05) is 25.6 Å². The fraction of sp³-hybridized carbons (Fsp3) is 0.560. The summed E-state index contributed by atoms with van der Waals surface area (Å²) in [5, 5.41) is 6.10. The zero-order chi connectivity index (χ0) is 23.9. The van der Waals surface area contributed by atoms with Gasteiger partial charge in [-0.25, -0.2) is 0 Å². The smallest absolute Gasteiger partial charge is 0.246 e. The van der Waals surface area contributed by atoms with Crippen LogP contribution in [-0.4, -0.2) is 66.7 Å². The monoisotopic (exact) mass is 531 g/mol. The first-order chi connectivity index (χ1) is 16.4. The molecule has 4 aliphatic rings. The summed E-state index contributed by atoms with van der Waals surface area (Å²) in [5.74, 6) is -2.19. The van der Waals surface area contributed by atoms with Crippen LogP contribution in [0, 0.1) is 11.8 Å². The third-order valence-electron chi connectivity index (χ3n) is 7.52. The number of ether oxygens (including phenoxy) is 2. The van der Waals surface area contributed by atoms with Gasteiger partial charge in [-0.15, -0.1) is 0 Å². The van der Waals surface area contributed by atoms with Crippen LogP contribution in [0.3, 0.4) is 0 Å². The number of halogens is 1. The Balaban J connectivity index is 1.42. The van der Waals surface area contributed by atoms with Crippen molar-refractivity contribution in [1.29, 1.82) is 0 Å². The highest BCUT2D eigenvalue weighted by molar-refractivity contribution is 9.10. The number of carbonyl (C=O) groups is 3. The first-order valence-corrected chi connectivity index (χ1v) is 12.8. The molecule has 3 fully saturated rings. The van der Waals surface area contributed by atoms with E-state index in [0.29, 0.717) is 12.3 Å². The Morgan fingerprint density at radius 1 is 1.18 bits per heavy atom. The highest BCUT2D eigenvalue weighted by Gasteiger charge is 2.72. The maximum Gasteiger partial charge on any atom is 0.246 e. The van der Waals surface area contributed by atoms with Crippen molar-refractivity contribution in [3.8, 4) is 0 Å². The second kappa shape index (κ2) is 9.43. The molecule has 1 aromatic rings. The summed E-state index contributed by atoms with van der Waals surface area (Å²) in [7, 11) is 1.56. The van der Waals surface area contributed by atoms with Crippen LogP contribution < -0.4 is 10.6 Å². The predicted octanol–water partition coefficient (Wildman–Crippen LogP) is 2.63. The van der Waals surface area contributed by atoms with Crippen molar-refractivity contribution in [2.45, 2.75) is 55.9 Å². The molecule has 2 N–H and O–H groups in total. The van der Waals surface area contributed by atoms with E-state index >= 15 is 0 Å². The molecule has 2 saturated heterocycles. The van der Waals surface area contributed by atoms with Crippen LogP contribution in [0.1, 0.15) is 32.1 Å². The fourth-order valence-corrected chi connectivity index (χ4v) is 6.25. The van der Waals surface area contributed by atoms with Crippen molar-refractivity contribution in [2.24, 2.45) is 11.8 Å². The molecule has 3 amide bonds. The van der Waals surface area contributed by atoms with E-state index in [1.165, 1.54) is 6.42 Å². The lowest BCUT2D eigenvalue weighted by Crippen LogP contribution is -2.57. The standard InChI is InChI=1S/C25H30BrN3O5/c1-33-14-13-29-21(23(31)28-16-5-3-2-4-6-16)25-12-11-18(34-25)19(20(25)24(29)32)22(30)27-17-9-7-15(26)8-10-17/h7-12,16,18-21H,2-6,13-14H2,1H3,(H,27,30)(H,28,31)/t18-,19-,20-,21-,25+/m1/s1. The summed E-state index contributed by atoms with van der Waals surface area (Å²) in [6, 6.07) is 6.55. The maximum atomic E-state index is 13.7. The average molecular weight is 532 g/mol. The number of rotatable bonds is 7. The van der Waals surface area contributed by atoms with Crippen LogP contribution >= 0.6 is 15.9 Å². The number of fused-ring (bicyclic) bond motifs is 1. The molecule has 2 bridgehead atoms. The highest BCUT2D eigenvalue weighted by Crippen LogP contribution is 2.55. The van der Waals surface area contributed by atoms with E-state index < -0.39 is 29.6 Å². The minimum Gasteiger partial charge on any atom is -0.383 e. The molecule has 1 aliphatic carbocycles. The normalized spacial score (nSPS) is 32.2. The summed E-state index contributed by atoms with van der Waals surface area (Å²) in [6.45, 7) is 0.559. The molecule has 34 heavy (non-hydrogen) atoms. The summed E-state index contributed by atoms with van der Waals surface area (Å²) >= 11 is 3.39. The number of benzene rings is 1.